The van der Waals surface area contributed by atoms with Crippen molar-refractivity contribution >= 4 is 40.9 Å². The molecule has 0 bridgehead atoms. The van der Waals surface area contributed by atoms with Crippen LogP contribution < -0.4 is 5.32 Å². The second-order valence-electron chi connectivity index (χ2n) is 7.01. The number of para-hydroxylation sites is 1. The first-order valence-electron chi connectivity index (χ1n) is 9.50. The van der Waals surface area contributed by atoms with E-state index in [-0.39, 0.29) is 18.1 Å². The van der Waals surface area contributed by atoms with E-state index in [2.05, 4.69) is 5.32 Å². The Labute approximate surface area is 187 Å². The van der Waals surface area contributed by atoms with Crippen LogP contribution in [0.15, 0.2) is 47.4 Å². The van der Waals surface area contributed by atoms with Crippen molar-refractivity contribution in [2.75, 3.05) is 44.3 Å². The van der Waals surface area contributed by atoms with Gasteiger partial charge in [-0.3, -0.25) is 14.5 Å². The molecule has 1 N–H and O–H groups in total. The molecule has 1 aliphatic rings. The van der Waals surface area contributed by atoms with Crippen LogP contribution in [0, 0.1) is 0 Å². The lowest BCUT2D eigenvalue weighted by atomic mass is 10.1. The van der Waals surface area contributed by atoms with Crippen molar-refractivity contribution in [1.82, 2.24) is 9.80 Å². The highest BCUT2D eigenvalue weighted by molar-refractivity contribution is 7.98. The summed E-state index contributed by atoms with van der Waals surface area (Å²) < 4.78 is 39.2. The zero-order chi connectivity index (χ0) is 22.6. The van der Waals surface area contributed by atoms with Gasteiger partial charge >= 0.3 is 6.18 Å². The summed E-state index contributed by atoms with van der Waals surface area (Å²) in [5.74, 6) is -0.712. The second-order valence-corrected chi connectivity index (χ2v) is 8.29. The van der Waals surface area contributed by atoms with E-state index in [1.165, 1.54) is 30.0 Å². The summed E-state index contributed by atoms with van der Waals surface area (Å²) in [7, 11) is 0. The number of carbonyl (C=O) groups is 2. The average Bonchev–Trinajstić information content (AvgIpc) is 2.74. The van der Waals surface area contributed by atoms with Crippen molar-refractivity contribution in [1.29, 1.82) is 0 Å². The number of piperazine rings is 1. The van der Waals surface area contributed by atoms with Gasteiger partial charge in [0.25, 0.3) is 5.91 Å². The van der Waals surface area contributed by atoms with Gasteiger partial charge in [-0.05, 0) is 36.6 Å². The number of nitrogens with zero attached hydrogens (tertiary/aromatic N) is 2. The van der Waals surface area contributed by atoms with Gasteiger partial charge in [-0.25, -0.2) is 0 Å². The lowest BCUT2D eigenvalue weighted by molar-refractivity contribution is -0.137. The second kappa shape index (κ2) is 9.93. The van der Waals surface area contributed by atoms with Crippen molar-refractivity contribution in [2.45, 2.75) is 11.1 Å². The lowest BCUT2D eigenvalue weighted by Gasteiger charge is -2.34. The van der Waals surface area contributed by atoms with Gasteiger partial charge in [-0.1, -0.05) is 23.7 Å². The van der Waals surface area contributed by atoms with Crippen LogP contribution >= 0.6 is 23.4 Å². The molecule has 31 heavy (non-hydrogen) atoms. The molecule has 2 aromatic rings. The molecule has 5 nitrogen and oxygen atoms in total. The van der Waals surface area contributed by atoms with E-state index in [1.54, 1.807) is 21.9 Å². The number of alkyl halides is 3. The zero-order valence-electron chi connectivity index (χ0n) is 16.7. The van der Waals surface area contributed by atoms with Gasteiger partial charge in [0.1, 0.15) is 0 Å². The molecule has 3 rings (SSSR count). The summed E-state index contributed by atoms with van der Waals surface area (Å²) in [6.07, 6.45) is -2.64. The molecule has 2 amide bonds. The van der Waals surface area contributed by atoms with Gasteiger partial charge in [0, 0.05) is 31.1 Å². The largest absolute Gasteiger partial charge is 0.418 e. The first-order chi connectivity index (χ1) is 14.7. The highest BCUT2D eigenvalue weighted by atomic mass is 35.5. The molecule has 10 heteroatoms. The number of thioether (sulfide) groups is 1. The van der Waals surface area contributed by atoms with Crippen LogP contribution in [0.1, 0.15) is 15.9 Å². The Bertz CT molecular complexity index is 963. The Morgan fingerprint density at radius 2 is 1.77 bits per heavy atom. The van der Waals surface area contributed by atoms with Crippen molar-refractivity contribution < 1.29 is 22.8 Å². The highest BCUT2D eigenvalue weighted by Crippen LogP contribution is 2.34. The monoisotopic (exact) mass is 471 g/mol. The molecular formula is C21H21ClF3N3O2S. The standard InChI is InChI=1S/C21H21ClF3N3O2S/c1-31-14-6-7-17(22)15(12-14)20(30)28-10-8-27(9-11-28)13-19(29)26-18-5-3-2-4-16(18)21(23,24)25/h2-7,12H,8-11,13H2,1H3,(H,26,29). The molecule has 1 saturated heterocycles. The summed E-state index contributed by atoms with van der Waals surface area (Å²) >= 11 is 7.70. The Morgan fingerprint density at radius 3 is 2.42 bits per heavy atom. The van der Waals surface area contributed by atoms with Crippen LogP contribution in [0.5, 0.6) is 0 Å². The maximum Gasteiger partial charge on any atom is 0.418 e. The van der Waals surface area contributed by atoms with Crippen LogP contribution in [0.2, 0.25) is 5.02 Å². The fourth-order valence-corrected chi connectivity index (χ4v) is 3.95. The molecule has 0 spiro atoms. The molecule has 0 atom stereocenters. The van der Waals surface area contributed by atoms with Crippen molar-refractivity contribution in [3.8, 4) is 0 Å². The zero-order valence-corrected chi connectivity index (χ0v) is 18.3. The van der Waals surface area contributed by atoms with E-state index in [0.717, 1.165) is 11.0 Å². The fourth-order valence-electron chi connectivity index (χ4n) is 3.31. The quantitative estimate of drug-likeness (QED) is 0.653. The SMILES string of the molecule is CSc1ccc(Cl)c(C(=O)N2CCN(CC(=O)Nc3ccccc3C(F)(F)F)CC2)c1. The van der Waals surface area contributed by atoms with Crippen LogP contribution in [-0.2, 0) is 11.0 Å². The Morgan fingerprint density at radius 1 is 1.10 bits per heavy atom. The smallest absolute Gasteiger partial charge is 0.336 e. The molecule has 0 aromatic heterocycles. The summed E-state index contributed by atoms with van der Waals surface area (Å²) in [6.45, 7) is 1.59. The number of nitrogens with one attached hydrogen (secondary N) is 1. The normalized spacial score (nSPS) is 15.1. The number of halogens is 4. The number of amides is 2. The number of rotatable bonds is 5. The van der Waals surface area contributed by atoms with Gasteiger partial charge in [0.15, 0.2) is 0 Å². The molecule has 166 valence electrons. The Balaban J connectivity index is 1.56. The predicted octanol–water partition coefficient (Wildman–Crippen LogP) is 4.48. The van der Waals surface area contributed by atoms with Crippen molar-refractivity contribution in [2.24, 2.45) is 0 Å². The van der Waals surface area contributed by atoms with E-state index in [0.29, 0.717) is 36.8 Å². The van der Waals surface area contributed by atoms with E-state index >= 15 is 0 Å². The highest BCUT2D eigenvalue weighted by Gasteiger charge is 2.33. The minimum Gasteiger partial charge on any atom is -0.336 e. The number of hydrogen-bond donors (Lipinski definition) is 1. The molecular weight excluding hydrogens is 451 g/mol. The molecule has 0 unspecified atom stereocenters. The van der Waals surface area contributed by atoms with Gasteiger partial charge in [-0.2, -0.15) is 13.2 Å². The number of benzene rings is 2. The number of carbonyl (C=O) groups excluding carboxylic acids is 2. The first kappa shape index (κ1) is 23.4. The third-order valence-electron chi connectivity index (χ3n) is 4.94. The van der Waals surface area contributed by atoms with Gasteiger partial charge in [0.2, 0.25) is 5.91 Å². The van der Waals surface area contributed by atoms with Gasteiger partial charge in [-0.15, -0.1) is 11.8 Å². The first-order valence-corrected chi connectivity index (χ1v) is 11.1. The van der Waals surface area contributed by atoms with E-state index in [1.807, 2.05) is 12.3 Å². The van der Waals surface area contributed by atoms with E-state index in [4.69, 9.17) is 11.6 Å². The minimum absolute atomic E-state index is 0.0586. The van der Waals surface area contributed by atoms with Crippen molar-refractivity contribution in [3.63, 3.8) is 0 Å². The van der Waals surface area contributed by atoms with Gasteiger partial charge in [0.05, 0.1) is 28.4 Å². The predicted molar refractivity (Wildman–Crippen MR) is 116 cm³/mol. The Kier molecular flexibility index (Phi) is 7.51. The molecule has 1 aliphatic heterocycles. The molecule has 0 saturated carbocycles. The summed E-state index contributed by atoms with van der Waals surface area (Å²) in [6, 6.07) is 10.2. The van der Waals surface area contributed by atoms with Gasteiger partial charge < -0.3 is 10.2 Å². The maximum atomic E-state index is 13.1. The van der Waals surface area contributed by atoms with E-state index < -0.39 is 17.6 Å². The molecule has 1 heterocycles. The third-order valence-corrected chi connectivity index (χ3v) is 5.99. The molecule has 0 radical (unpaired) electrons. The number of anilines is 1. The lowest BCUT2D eigenvalue weighted by Crippen LogP contribution is -2.50. The van der Waals surface area contributed by atoms with Crippen LogP contribution in [-0.4, -0.2) is 60.6 Å². The summed E-state index contributed by atoms with van der Waals surface area (Å²) in [4.78, 5) is 29.5. The summed E-state index contributed by atoms with van der Waals surface area (Å²) in [5, 5.41) is 2.73. The van der Waals surface area contributed by atoms with E-state index in [9.17, 15) is 22.8 Å². The molecule has 2 aromatic carbocycles. The van der Waals surface area contributed by atoms with Crippen LogP contribution in [0.4, 0.5) is 18.9 Å². The Hall–Kier alpha value is -2.23. The van der Waals surface area contributed by atoms with Crippen LogP contribution in [0.25, 0.3) is 0 Å². The summed E-state index contributed by atoms with van der Waals surface area (Å²) in [5.41, 5.74) is -0.719. The minimum atomic E-state index is -4.55. The maximum absolute atomic E-state index is 13.1. The topological polar surface area (TPSA) is 52.7 Å². The van der Waals surface area contributed by atoms with Crippen LogP contribution in [0.3, 0.4) is 0 Å². The average molecular weight is 472 g/mol. The number of hydrogen-bond acceptors (Lipinski definition) is 4. The molecule has 0 aliphatic carbocycles. The third kappa shape index (κ3) is 5.93. The van der Waals surface area contributed by atoms with Crippen molar-refractivity contribution in [3.05, 3.63) is 58.6 Å². The molecule has 1 fully saturated rings. The fraction of sp³-hybridized carbons (Fsp3) is 0.333.